The topological polar surface area (TPSA) is 123 Å². The molecule has 1 aliphatic rings. The average molecular weight is 448 g/mol. The van der Waals surface area contributed by atoms with E-state index in [1.807, 2.05) is 0 Å². The fourth-order valence-corrected chi connectivity index (χ4v) is 3.11. The number of phenols is 1. The van der Waals surface area contributed by atoms with Gasteiger partial charge in [-0.1, -0.05) is 24.3 Å². The predicted molar refractivity (Wildman–Crippen MR) is 118 cm³/mol. The highest BCUT2D eigenvalue weighted by Crippen LogP contribution is 2.32. The molecule has 3 N–H and O–H groups in total. The zero-order valence-corrected chi connectivity index (χ0v) is 17.4. The molecule has 0 fully saturated rings. The SMILES string of the molecule is O=C(COC(=O)c1ccc(-c2ccc(O)cc2)cc1)NC(=O)Nc1ccc2c(c1)OCCO2. The van der Waals surface area contributed by atoms with Crippen LogP contribution in [0, 0.1) is 0 Å². The molecular formula is C24H20N2O7. The molecule has 0 atom stereocenters. The molecule has 1 aliphatic heterocycles. The first-order valence-corrected chi connectivity index (χ1v) is 10.0. The van der Waals surface area contributed by atoms with Crippen LogP contribution in [-0.2, 0) is 9.53 Å². The Balaban J connectivity index is 1.25. The number of rotatable bonds is 5. The molecule has 168 valence electrons. The lowest BCUT2D eigenvalue weighted by atomic mass is 10.0. The van der Waals surface area contributed by atoms with Crippen molar-refractivity contribution in [2.24, 2.45) is 0 Å². The number of aromatic hydroxyl groups is 1. The highest BCUT2D eigenvalue weighted by molar-refractivity contribution is 6.02. The van der Waals surface area contributed by atoms with Gasteiger partial charge in [-0.15, -0.1) is 0 Å². The van der Waals surface area contributed by atoms with E-state index in [0.717, 1.165) is 11.1 Å². The Morgan fingerprint density at radius 1 is 0.848 bits per heavy atom. The van der Waals surface area contributed by atoms with Crippen LogP contribution in [-0.4, -0.2) is 42.8 Å². The second kappa shape index (κ2) is 9.73. The van der Waals surface area contributed by atoms with Gasteiger partial charge in [0.25, 0.3) is 5.91 Å². The number of fused-ring (bicyclic) bond motifs is 1. The molecule has 4 rings (SSSR count). The van der Waals surface area contributed by atoms with E-state index >= 15 is 0 Å². The zero-order valence-electron chi connectivity index (χ0n) is 17.4. The number of esters is 1. The van der Waals surface area contributed by atoms with Crippen LogP contribution in [0.2, 0.25) is 0 Å². The van der Waals surface area contributed by atoms with Crippen LogP contribution in [0.4, 0.5) is 10.5 Å². The van der Waals surface area contributed by atoms with Crippen LogP contribution in [0.3, 0.4) is 0 Å². The number of nitrogens with one attached hydrogen (secondary N) is 2. The van der Waals surface area contributed by atoms with Crippen LogP contribution in [0.5, 0.6) is 17.2 Å². The standard InChI is InChI=1S/C24H20N2O7/c27-19-8-5-16(6-9-19)15-1-3-17(4-2-15)23(29)33-14-22(28)26-24(30)25-18-7-10-20-21(13-18)32-12-11-31-20/h1-10,13,27H,11-12,14H2,(H2,25,26,28,30). The minimum absolute atomic E-state index is 0.164. The number of ether oxygens (including phenoxy) is 3. The van der Waals surface area contributed by atoms with Gasteiger partial charge in [-0.2, -0.15) is 0 Å². The van der Waals surface area contributed by atoms with Gasteiger partial charge >= 0.3 is 12.0 Å². The Bertz CT molecular complexity index is 1170. The summed E-state index contributed by atoms with van der Waals surface area (Å²) in [6.45, 7) is 0.245. The molecule has 0 spiro atoms. The third-order valence-corrected chi connectivity index (χ3v) is 4.71. The van der Waals surface area contributed by atoms with Gasteiger partial charge in [0.1, 0.15) is 19.0 Å². The number of carbonyl (C=O) groups excluding carboxylic acids is 3. The third kappa shape index (κ3) is 5.59. The van der Waals surface area contributed by atoms with Crippen molar-refractivity contribution in [3.05, 3.63) is 72.3 Å². The van der Waals surface area contributed by atoms with Gasteiger partial charge in [-0.25, -0.2) is 9.59 Å². The number of carbonyl (C=O) groups is 3. The van der Waals surface area contributed by atoms with Gasteiger partial charge in [0, 0.05) is 11.8 Å². The van der Waals surface area contributed by atoms with E-state index in [-0.39, 0.29) is 11.3 Å². The minimum atomic E-state index is -0.779. The smallest absolute Gasteiger partial charge is 0.338 e. The Hall–Kier alpha value is -4.53. The summed E-state index contributed by atoms with van der Waals surface area (Å²) in [5, 5.41) is 14.0. The van der Waals surface area contributed by atoms with Gasteiger partial charge in [0.05, 0.1) is 5.56 Å². The number of anilines is 1. The molecule has 3 aromatic rings. The van der Waals surface area contributed by atoms with E-state index in [4.69, 9.17) is 14.2 Å². The molecule has 9 nitrogen and oxygen atoms in total. The quantitative estimate of drug-likeness (QED) is 0.512. The van der Waals surface area contributed by atoms with E-state index in [9.17, 15) is 19.5 Å². The lowest BCUT2D eigenvalue weighted by Gasteiger charge is -2.19. The second-order valence-electron chi connectivity index (χ2n) is 7.06. The maximum Gasteiger partial charge on any atom is 0.338 e. The van der Waals surface area contributed by atoms with Crippen molar-refractivity contribution in [1.82, 2.24) is 5.32 Å². The molecule has 0 bridgehead atoms. The summed E-state index contributed by atoms with van der Waals surface area (Å²) in [5.74, 6) is -0.243. The number of phenolic OH excluding ortho intramolecular Hbond substituents is 1. The zero-order chi connectivity index (χ0) is 23.2. The van der Waals surface area contributed by atoms with Gasteiger partial charge in [0.2, 0.25) is 0 Å². The molecule has 3 amide bonds. The Kier molecular flexibility index (Phi) is 6.40. The van der Waals surface area contributed by atoms with Gasteiger partial charge in [-0.05, 0) is 47.5 Å². The van der Waals surface area contributed by atoms with Crippen molar-refractivity contribution < 1.29 is 33.7 Å². The molecule has 1 heterocycles. The molecule has 9 heteroatoms. The van der Waals surface area contributed by atoms with E-state index in [2.05, 4.69) is 10.6 Å². The predicted octanol–water partition coefficient (Wildman–Crippen LogP) is 3.34. The number of amides is 3. The molecule has 0 saturated carbocycles. The molecule has 0 saturated heterocycles. The van der Waals surface area contributed by atoms with Crippen molar-refractivity contribution in [2.45, 2.75) is 0 Å². The highest BCUT2D eigenvalue weighted by atomic mass is 16.6. The largest absolute Gasteiger partial charge is 0.508 e. The fraction of sp³-hybridized carbons (Fsp3) is 0.125. The summed E-state index contributed by atoms with van der Waals surface area (Å²) in [6.07, 6.45) is 0. The van der Waals surface area contributed by atoms with Crippen LogP contribution in [0.15, 0.2) is 66.7 Å². The maximum absolute atomic E-state index is 12.2. The monoisotopic (exact) mass is 448 g/mol. The minimum Gasteiger partial charge on any atom is -0.508 e. The fourth-order valence-electron chi connectivity index (χ4n) is 3.11. The van der Waals surface area contributed by atoms with Gasteiger partial charge in [-0.3, -0.25) is 10.1 Å². The summed E-state index contributed by atoms with van der Waals surface area (Å²) in [7, 11) is 0. The summed E-state index contributed by atoms with van der Waals surface area (Å²) >= 11 is 0. The van der Waals surface area contributed by atoms with Crippen molar-refractivity contribution in [1.29, 1.82) is 0 Å². The Labute approximate surface area is 188 Å². The first-order valence-electron chi connectivity index (χ1n) is 10.0. The second-order valence-corrected chi connectivity index (χ2v) is 7.06. The number of imide groups is 1. The van der Waals surface area contributed by atoms with Crippen molar-refractivity contribution in [3.63, 3.8) is 0 Å². The van der Waals surface area contributed by atoms with E-state index < -0.39 is 24.5 Å². The third-order valence-electron chi connectivity index (χ3n) is 4.71. The van der Waals surface area contributed by atoms with E-state index in [1.165, 1.54) is 0 Å². The normalized spacial score (nSPS) is 11.9. The average Bonchev–Trinajstić information content (AvgIpc) is 2.83. The molecular weight excluding hydrogens is 428 g/mol. The van der Waals surface area contributed by atoms with E-state index in [1.54, 1.807) is 66.7 Å². The first-order chi connectivity index (χ1) is 16.0. The summed E-state index contributed by atoms with van der Waals surface area (Å²) in [5.41, 5.74) is 2.39. The number of hydrogen-bond donors (Lipinski definition) is 3. The lowest BCUT2D eigenvalue weighted by Crippen LogP contribution is -2.37. The number of urea groups is 1. The van der Waals surface area contributed by atoms with Crippen LogP contribution in [0.1, 0.15) is 10.4 Å². The maximum atomic E-state index is 12.2. The van der Waals surface area contributed by atoms with Crippen LogP contribution >= 0.6 is 0 Å². The van der Waals surface area contributed by atoms with Crippen molar-refractivity contribution in [3.8, 4) is 28.4 Å². The van der Waals surface area contributed by atoms with Gasteiger partial charge < -0.3 is 24.6 Å². The Morgan fingerprint density at radius 2 is 1.48 bits per heavy atom. The number of benzene rings is 3. The van der Waals surface area contributed by atoms with Gasteiger partial charge in [0.15, 0.2) is 18.1 Å². The number of hydrogen-bond acceptors (Lipinski definition) is 7. The first kappa shape index (κ1) is 21.7. The van der Waals surface area contributed by atoms with Crippen LogP contribution < -0.4 is 20.1 Å². The molecule has 0 aliphatic carbocycles. The summed E-state index contributed by atoms with van der Waals surface area (Å²) in [6, 6.07) is 17.3. The lowest BCUT2D eigenvalue weighted by molar-refractivity contribution is -0.123. The molecule has 33 heavy (non-hydrogen) atoms. The van der Waals surface area contributed by atoms with Crippen molar-refractivity contribution in [2.75, 3.05) is 25.1 Å². The molecule has 0 unspecified atom stereocenters. The van der Waals surface area contributed by atoms with E-state index in [0.29, 0.717) is 30.4 Å². The summed E-state index contributed by atoms with van der Waals surface area (Å²) < 4.78 is 15.8. The van der Waals surface area contributed by atoms with Crippen LogP contribution in [0.25, 0.3) is 11.1 Å². The summed E-state index contributed by atoms with van der Waals surface area (Å²) in [4.78, 5) is 36.2. The Morgan fingerprint density at radius 3 is 2.18 bits per heavy atom. The van der Waals surface area contributed by atoms with Crippen molar-refractivity contribution >= 4 is 23.6 Å². The molecule has 0 radical (unpaired) electrons. The highest BCUT2D eigenvalue weighted by Gasteiger charge is 2.15. The molecule has 0 aromatic heterocycles. The molecule has 3 aromatic carbocycles.